The molecule has 1 aliphatic carbocycles. The highest BCUT2D eigenvalue weighted by molar-refractivity contribution is 5.68. The van der Waals surface area contributed by atoms with Crippen molar-refractivity contribution in [2.45, 2.75) is 83.8 Å². The Kier molecular flexibility index (Phi) is 6.54. The van der Waals surface area contributed by atoms with Crippen LogP contribution in [0.2, 0.25) is 0 Å². The van der Waals surface area contributed by atoms with Gasteiger partial charge in [0.1, 0.15) is 5.60 Å². The highest BCUT2D eigenvalue weighted by Gasteiger charge is 2.29. The number of nitrogens with one attached hydrogen (secondary N) is 1. The lowest BCUT2D eigenvalue weighted by Crippen LogP contribution is -2.48. The molecule has 22 heavy (non-hydrogen) atoms. The first-order valence-corrected chi connectivity index (χ1v) is 9.16. The van der Waals surface area contributed by atoms with Crippen LogP contribution in [0.25, 0.3) is 0 Å². The molecule has 4 nitrogen and oxygen atoms in total. The topological polar surface area (TPSA) is 41.6 Å². The molecule has 1 saturated heterocycles. The minimum atomic E-state index is -0.418. The van der Waals surface area contributed by atoms with Gasteiger partial charge in [-0.05, 0) is 65.5 Å². The maximum atomic E-state index is 12.1. The first kappa shape index (κ1) is 17.6. The summed E-state index contributed by atoms with van der Waals surface area (Å²) in [4.78, 5) is 14.7. The molecule has 1 saturated carbocycles. The number of hydrogen-bond acceptors (Lipinski definition) is 3. The summed E-state index contributed by atoms with van der Waals surface area (Å²) in [6, 6.07) is 0.284. The third-order valence-electron chi connectivity index (χ3n) is 4.80. The number of ether oxygens (including phenoxy) is 1. The fraction of sp³-hybridized carbons (Fsp3) is 0.944. The summed E-state index contributed by atoms with van der Waals surface area (Å²) >= 11 is 0. The third kappa shape index (κ3) is 6.15. The molecule has 1 amide bonds. The van der Waals surface area contributed by atoms with Crippen molar-refractivity contribution in [3.8, 4) is 0 Å². The smallest absolute Gasteiger partial charge is 0.407 e. The fourth-order valence-corrected chi connectivity index (χ4v) is 3.73. The summed E-state index contributed by atoms with van der Waals surface area (Å²) in [5, 5.41) is 3.14. The number of likely N-dealkylation sites (tertiary alicyclic amines) is 1. The Hall–Kier alpha value is -0.770. The van der Waals surface area contributed by atoms with Crippen LogP contribution in [-0.4, -0.2) is 42.3 Å². The van der Waals surface area contributed by atoms with Gasteiger partial charge >= 0.3 is 6.09 Å². The summed E-state index contributed by atoms with van der Waals surface area (Å²) in [5.74, 6) is 0.583. The van der Waals surface area contributed by atoms with E-state index in [1.807, 2.05) is 20.8 Å². The summed E-state index contributed by atoms with van der Waals surface area (Å²) in [6.45, 7) is 9.36. The average Bonchev–Trinajstić information content (AvgIpc) is 2.67. The van der Waals surface area contributed by atoms with E-state index in [0.29, 0.717) is 5.92 Å². The molecule has 1 heterocycles. The molecule has 0 aromatic carbocycles. The quantitative estimate of drug-likeness (QED) is 0.858. The third-order valence-corrected chi connectivity index (χ3v) is 4.80. The molecule has 2 fully saturated rings. The molecule has 0 unspecified atom stereocenters. The Bertz CT molecular complexity index is 343. The van der Waals surface area contributed by atoms with Gasteiger partial charge in [0.05, 0.1) is 0 Å². The highest BCUT2D eigenvalue weighted by atomic mass is 16.6. The zero-order valence-electron chi connectivity index (χ0n) is 14.7. The number of carbonyl (C=O) groups is 1. The van der Waals surface area contributed by atoms with Gasteiger partial charge in [0, 0.05) is 12.6 Å². The molecule has 0 radical (unpaired) electrons. The second-order valence-corrected chi connectivity index (χ2v) is 8.01. The molecule has 1 aliphatic heterocycles. The Labute approximate surface area is 136 Å². The van der Waals surface area contributed by atoms with E-state index < -0.39 is 5.60 Å². The number of hydrogen-bond donors (Lipinski definition) is 1. The van der Waals surface area contributed by atoms with Gasteiger partial charge in [0.15, 0.2) is 0 Å². The molecule has 2 aliphatic rings. The molecular formula is C18H34N2O2. The SMILES string of the molecule is CC(C)(C)OC(=O)N[C@@H]1CCCC[C@H]1CN1CCCCCC1. The molecule has 2 rings (SSSR count). The zero-order chi connectivity index (χ0) is 16.0. The van der Waals surface area contributed by atoms with Gasteiger partial charge in [0.2, 0.25) is 0 Å². The van der Waals surface area contributed by atoms with Crippen LogP contribution in [0.4, 0.5) is 4.79 Å². The Morgan fingerprint density at radius 1 is 1.05 bits per heavy atom. The van der Waals surface area contributed by atoms with E-state index in [4.69, 9.17) is 4.74 Å². The zero-order valence-corrected chi connectivity index (χ0v) is 14.7. The van der Waals surface area contributed by atoms with Crippen LogP contribution < -0.4 is 5.32 Å². The van der Waals surface area contributed by atoms with Gasteiger partial charge in [-0.3, -0.25) is 0 Å². The molecule has 0 aromatic rings. The summed E-state index contributed by atoms with van der Waals surface area (Å²) in [6.07, 6.45) is 10.0. The summed E-state index contributed by atoms with van der Waals surface area (Å²) in [5.41, 5.74) is -0.418. The minimum absolute atomic E-state index is 0.250. The predicted molar refractivity (Wildman–Crippen MR) is 90.0 cm³/mol. The van der Waals surface area contributed by atoms with Crippen molar-refractivity contribution in [2.75, 3.05) is 19.6 Å². The number of carbonyl (C=O) groups excluding carboxylic acids is 1. The number of rotatable bonds is 3. The van der Waals surface area contributed by atoms with Crippen LogP contribution in [0, 0.1) is 5.92 Å². The van der Waals surface area contributed by atoms with Gasteiger partial charge in [-0.1, -0.05) is 25.7 Å². The second kappa shape index (κ2) is 8.19. The maximum absolute atomic E-state index is 12.1. The minimum Gasteiger partial charge on any atom is -0.444 e. The molecule has 0 spiro atoms. The van der Waals surface area contributed by atoms with Crippen molar-refractivity contribution in [3.05, 3.63) is 0 Å². The lowest BCUT2D eigenvalue weighted by atomic mass is 9.84. The molecule has 0 bridgehead atoms. The highest BCUT2D eigenvalue weighted by Crippen LogP contribution is 2.26. The molecule has 1 N–H and O–H groups in total. The van der Waals surface area contributed by atoms with Gasteiger partial charge < -0.3 is 15.0 Å². The second-order valence-electron chi connectivity index (χ2n) is 8.01. The van der Waals surface area contributed by atoms with Crippen LogP contribution in [0.15, 0.2) is 0 Å². The van der Waals surface area contributed by atoms with Crippen LogP contribution in [0.1, 0.15) is 72.1 Å². The normalized spacial score (nSPS) is 28.0. The van der Waals surface area contributed by atoms with E-state index in [2.05, 4.69) is 10.2 Å². The van der Waals surface area contributed by atoms with Crippen LogP contribution >= 0.6 is 0 Å². The van der Waals surface area contributed by atoms with Gasteiger partial charge in [-0.2, -0.15) is 0 Å². The number of alkyl carbamates (subject to hydrolysis) is 1. The first-order chi connectivity index (χ1) is 10.4. The van der Waals surface area contributed by atoms with Crippen LogP contribution in [0.3, 0.4) is 0 Å². The Morgan fingerprint density at radius 2 is 1.68 bits per heavy atom. The molecule has 4 heteroatoms. The van der Waals surface area contributed by atoms with Crippen molar-refractivity contribution < 1.29 is 9.53 Å². The van der Waals surface area contributed by atoms with E-state index in [-0.39, 0.29) is 12.1 Å². The Balaban J connectivity index is 1.85. The van der Waals surface area contributed by atoms with Crippen LogP contribution in [-0.2, 0) is 4.74 Å². The molecule has 2 atom stereocenters. The number of nitrogens with zero attached hydrogens (tertiary/aromatic N) is 1. The Morgan fingerprint density at radius 3 is 2.32 bits per heavy atom. The van der Waals surface area contributed by atoms with Crippen molar-refractivity contribution in [1.29, 1.82) is 0 Å². The van der Waals surface area contributed by atoms with Gasteiger partial charge in [0.25, 0.3) is 0 Å². The van der Waals surface area contributed by atoms with E-state index in [1.165, 1.54) is 58.0 Å². The van der Waals surface area contributed by atoms with Gasteiger partial charge in [-0.15, -0.1) is 0 Å². The summed E-state index contributed by atoms with van der Waals surface area (Å²) < 4.78 is 5.44. The lowest BCUT2D eigenvalue weighted by Gasteiger charge is -2.36. The predicted octanol–water partition coefficient (Wildman–Crippen LogP) is 3.95. The molecular weight excluding hydrogens is 276 g/mol. The van der Waals surface area contributed by atoms with E-state index in [1.54, 1.807) is 0 Å². The van der Waals surface area contributed by atoms with Crippen molar-refractivity contribution in [2.24, 2.45) is 5.92 Å². The molecule has 128 valence electrons. The van der Waals surface area contributed by atoms with E-state index in [9.17, 15) is 4.79 Å². The first-order valence-electron chi connectivity index (χ1n) is 9.16. The van der Waals surface area contributed by atoms with Crippen LogP contribution in [0.5, 0.6) is 0 Å². The lowest BCUT2D eigenvalue weighted by molar-refractivity contribution is 0.0455. The largest absolute Gasteiger partial charge is 0.444 e. The average molecular weight is 310 g/mol. The standard InChI is InChI=1S/C18H34N2O2/c1-18(2,3)22-17(21)19-16-11-7-6-10-15(16)14-20-12-8-4-5-9-13-20/h15-16H,4-14H2,1-3H3,(H,19,21)/t15-,16+/m0/s1. The van der Waals surface area contributed by atoms with Crippen molar-refractivity contribution in [1.82, 2.24) is 10.2 Å². The van der Waals surface area contributed by atoms with E-state index in [0.717, 1.165) is 13.0 Å². The van der Waals surface area contributed by atoms with Gasteiger partial charge in [-0.25, -0.2) is 4.79 Å². The fourth-order valence-electron chi connectivity index (χ4n) is 3.73. The maximum Gasteiger partial charge on any atom is 0.407 e. The summed E-state index contributed by atoms with van der Waals surface area (Å²) in [7, 11) is 0. The monoisotopic (exact) mass is 310 g/mol. The van der Waals surface area contributed by atoms with E-state index >= 15 is 0 Å². The molecule has 0 aromatic heterocycles. The number of amides is 1. The van der Waals surface area contributed by atoms with Crippen molar-refractivity contribution in [3.63, 3.8) is 0 Å². The van der Waals surface area contributed by atoms with Crippen molar-refractivity contribution >= 4 is 6.09 Å².